The number of hydrogen-bond acceptors (Lipinski definition) is 0. The van der Waals surface area contributed by atoms with Crippen molar-refractivity contribution in [2.75, 3.05) is 27.2 Å². The Morgan fingerprint density at radius 1 is 0.846 bits per heavy atom. The molecule has 13 heavy (non-hydrogen) atoms. The quantitative estimate of drug-likeness (QED) is 0.468. The third-order valence-corrected chi connectivity index (χ3v) is 2.73. The molecule has 0 unspecified atom stereocenters. The van der Waals surface area contributed by atoms with Gasteiger partial charge < -0.3 is 4.48 Å². The first-order valence-corrected chi connectivity index (χ1v) is 5.94. The molecule has 1 rings (SSSR count). The third kappa shape index (κ3) is 8.29. The fourth-order valence-electron chi connectivity index (χ4n) is 1.69. The van der Waals surface area contributed by atoms with Gasteiger partial charge in [0.15, 0.2) is 0 Å². The maximum Gasteiger partial charge on any atom is 0.0784 e. The Kier molecular flexibility index (Phi) is 7.35. The zero-order chi connectivity index (χ0) is 10.2. The number of quaternary nitrogens is 1. The molecule has 1 heteroatoms. The summed E-state index contributed by atoms with van der Waals surface area (Å²) in [6, 6.07) is 0. The van der Waals surface area contributed by atoms with Gasteiger partial charge in [-0.25, -0.2) is 0 Å². The van der Waals surface area contributed by atoms with Gasteiger partial charge in [0.05, 0.1) is 27.2 Å². The molecule has 80 valence electrons. The Morgan fingerprint density at radius 2 is 1.23 bits per heavy atom. The van der Waals surface area contributed by atoms with E-state index in [1.807, 2.05) is 0 Å². The zero-order valence-electron chi connectivity index (χ0n) is 10.1. The average molecular weight is 186 g/mol. The molecule has 1 nitrogen and oxygen atoms in total. The van der Waals surface area contributed by atoms with Gasteiger partial charge in [0.25, 0.3) is 0 Å². The summed E-state index contributed by atoms with van der Waals surface area (Å²) < 4.78 is 1.25. The first kappa shape index (κ1) is 13.0. The summed E-state index contributed by atoms with van der Waals surface area (Å²) in [5.74, 6) is 0. The first-order valence-electron chi connectivity index (χ1n) is 5.94. The number of unbranched alkanes of at least 4 members (excludes halogenated alkanes) is 3. The van der Waals surface area contributed by atoms with Crippen molar-refractivity contribution >= 4 is 0 Å². The van der Waals surface area contributed by atoms with Gasteiger partial charge in [0.2, 0.25) is 0 Å². The Hall–Kier alpha value is -0.0400. The molecule has 0 bridgehead atoms. The van der Waals surface area contributed by atoms with Crippen LogP contribution in [-0.4, -0.2) is 31.7 Å². The van der Waals surface area contributed by atoms with Crippen LogP contribution in [0, 0.1) is 0 Å². The van der Waals surface area contributed by atoms with Crippen LogP contribution >= 0.6 is 0 Å². The van der Waals surface area contributed by atoms with Crippen LogP contribution in [0.4, 0.5) is 0 Å². The molecule has 1 aliphatic rings. The highest BCUT2D eigenvalue weighted by Gasteiger charge is 2.19. The number of hydrogen-bond donors (Lipinski definition) is 0. The standard InChI is InChI=1S/C6H14N.C6H14/c1-7(2)5-3-4-6-7;1-3-5-6-4-2/h3-6H2,1-2H3;3-6H2,1-2H3/q+1;. The molecular formula is C12H28N+. The monoisotopic (exact) mass is 186 g/mol. The lowest BCUT2D eigenvalue weighted by Gasteiger charge is -2.21. The second kappa shape index (κ2) is 7.37. The van der Waals surface area contributed by atoms with E-state index in [9.17, 15) is 0 Å². The maximum absolute atomic E-state index is 2.30. The molecule has 0 atom stereocenters. The predicted molar refractivity (Wildman–Crippen MR) is 60.9 cm³/mol. The molecule has 1 heterocycles. The summed E-state index contributed by atoms with van der Waals surface area (Å²) in [6.45, 7) is 7.24. The largest absolute Gasteiger partial charge is 0.328 e. The lowest BCUT2D eigenvalue weighted by molar-refractivity contribution is -0.877. The van der Waals surface area contributed by atoms with Crippen LogP contribution in [0.15, 0.2) is 0 Å². The maximum atomic E-state index is 2.30. The highest BCUT2D eigenvalue weighted by atomic mass is 15.3. The molecule has 0 aromatic carbocycles. The number of likely N-dealkylation sites (tertiary alicyclic amines) is 1. The lowest BCUT2D eigenvalue weighted by atomic mass is 10.2. The van der Waals surface area contributed by atoms with E-state index in [1.54, 1.807) is 0 Å². The minimum absolute atomic E-state index is 1.25. The summed E-state index contributed by atoms with van der Waals surface area (Å²) in [4.78, 5) is 0. The fourth-order valence-corrected chi connectivity index (χ4v) is 1.69. The van der Waals surface area contributed by atoms with Crippen molar-refractivity contribution in [1.29, 1.82) is 0 Å². The van der Waals surface area contributed by atoms with Crippen molar-refractivity contribution in [3.8, 4) is 0 Å². The molecule has 0 saturated carbocycles. The van der Waals surface area contributed by atoms with E-state index < -0.39 is 0 Å². The fraction of sp³-hybridized carbons (Fsp3) is 1.00. The van der Waals surface area contributed by atoms with E-state index >= 15 is 0 Å². The molecule has 0 aromatic rings. The number of nitrogens with zero attached hydrogens (tertiary/aromatic N) is 1. The SMILES string of the molecule is CCCCCC.C[N+]1(C)CCCC1. The van der Waals surface area contributed by atoms with Gasteiger partial charge in [0, 0.05) is 12.8 Å². The van der Waals surface area contributed by atoms with Crippen LogP contribution < -0.4 is 0 Å². The van der Waals surface area contributed by atoms with Crippen molar-refractivity contribution in [3.63, 3.8) is 0 Å². The summed E-state index contributed by atoms with van der Waals surface area (Å²) >= 11 is 0. The van der Waals surface area contributed by atoms with Gasteiger partial charge in [-0.3, -0.25) is 0 Å². The minimum Gasteiger partial charge on any atom is -0.328 e. The van der Waals surface area contributed by atoms with Crippen molar-refractivity contribution in [3.05, 3.63) is 0 Å². The summed E-state index contributed by atoms with van der Waals surface area (Å²) in [6.07, 6.45) is 8.41. The minimum atomic E-state index is 1.25. The molecule has 0 amide bonds. The molecule has 0 aromatic heterocycles. The van der Waals surface area contributed by atoms with E-state index in [0.29, 0.717) is 0 Å². The van der Waals surface area contributed by atoms with Gasteiger partial charge in [-0.05, 0) is 0 Å². The average Bonchev–Trinajstić information content (AvgIpc) is 2.47. The van der Waals surface area contributed by atoms with Crippen molar-refractivity contribution in [2.45, 2.75) is 52.4 Å². The van der Waals surface area contributed by atoms with Crippen molar-refractivity contribution < 1.29 is 4.48 Å². The smallest absolute Gasteiger partial charge is 0.0784 e. The molecule has 1 aliphatic heterocycles. The first-order chi connectivity index (χ1) is 6.12. The Balaban J connectivity index is 0.000000226. The van der Waals surface area contributed by atoms with E-state index in [4.69, 9.17) is 0 Å². The van der Waals surface area contributed by atoms with Crippen LogP contribution in [0.1, 0.15) is 52.4 Å². The van der Waals surface area contributed by atoms with Crippen LogP contribution in [0.25, 0.3) is 0 Å². The molecule has 1 fully saturated rings. The van der Waals surface area contributed by atoms with Gasteiger partial charge in [-0.2, -0.15) is 0 Å². The number of rotatable bonds is 3. The Labute approximate surface area is 84.7 Å². The predicted octanol–water partition coefficient (Wildman–Crippen LogP) is 3.44. The third-order valence-electron chi connectivity index (χ3n) is 2.73. The van der Waals surface area contributed by atoms with E-state index in [0.717, 1.165) is 0 Å². The van der Waals surface area contributed by atoms with Gasteiger partial charge in [0.1, 0.15) is 0 Å². The second-order valence-corrected chi connectivity index (χ2v) is 4.80. The van der Waals surface area contributed by atoms with Gasteiger partial charge in [-0.1, -0.05) is 39.5 Å². The Morgan fingerprint density at radius 3 is 1.38 bits per heavy atom. The zero-order valence-corrected chi connectivity index (χ0v) is 10.1. The van der Waals surface area contributed by atoms with E-state index in [2.05, 4.69) is 27.9 Å². The van der Waals surface area contributed by atoms with Crippen molar-refractivity contribution in [1.82, 2.24) is 0 Å². The summed E-state index contributed by atoms with van der Waals surface area (Å²) in [5.41, 5.74) is 0. The Bertz CT molecular complexity index is 95.7. The normalized spacial score (nSPS) is 19.4. The van der Waals surface area contributed by atoms with E-state index in [1.165, 1.54) is 56.1 Å². The lowest BCUT2D eigenvalue weighted by Crippen LogP contribution is -2.35. The van der Waals surface area contributed by atoms with Crippen molar-refractivity contribution in [2.24, 2.45) is 0 Å². The van der Waals surface area contributed by atoms with Crippen LogP contribution in [0.3, 0.4) is 0 Å². The molecular weight excluding hydrogens is 158 g/mol. The van der Waals surface area contributed by atoms with Crippen LogP contribution in [-0.2, 0) is 0 Å². The topological polar surface area (TPSA) is 0 Å². The van der Waals surface area contributed by atoms with Gasteiger partial charge in [-0.15, -0.1) is 0 Å². The molecule has 0 aliphatic carbocycles. The summed E-state index contributed by atoms with van der Waals surface area (Å²) in [5, 5.41) is 0. The highest BCUT2D eigenvalue weighted by Crippen LogP contribution is 2.11. The van der Waals surface area contributed by atoms with Crippen LogP contribution in [0.2, 0.25) is 0 Å². The van der Waals surface area contributed by atoms with E-state index in [-0.39, 0.29) is 0 Å². The molecule has 0 spiro atoms. The summed E-state index contributed by atoms with van der Waals surface area (Å²) in [7, 11) is 4.60. The highest BCUT2D eigenvalue weighted by molar-refractivity contribution is 4.46. The molecule has 0 radical (unpaired) electrons. The van der Waals surface area contributed by atoms with Crippen LogP contribution in [0.5, 0.6) is 0 Å². The van der Waals surface area contributed by atoms with Gasteiger partial charge >= 0.3 is 0 Å². The second-order valence-electron chi connectivity index (χ2n) is 4.80. The molecule has 1 saturated heterocycles. The molecule has 0 N–H and O–H groups in total.